The van der Waals surface area contributed by atoms with Gasteiger partial charge in [0.15, 0.2) is 0 Å². The van der Waals surface area contributed by atoms with Crippen molar-refractivity contribution in [3.05, 3.63) is 42.4 Å². The lowest BCUT2D eigenvalue weighted by Crippen LogP contribution is -2.45. The molecule has 1 N–H and O–H groups in total. The van der Waals surface area contributed by atoms with Gasteiger partial charge in [-0.05, 0) is 24.8 Å². The highest BCUT2D eigenvalue weighted by atomic mass is 16.5. The van der Waals surface area contributed by atoms with Crippen LogP contribution in [0.25, 0.3) is 0 Å². The molecule has 1 saturated heterocycles. The molecule has 0 aromatic carbocycles. The topological polar surface area (TPSA) is 72.5 Å². The zero-order valence-electron chi connectivity index (χ0n) is 14.3. The molecule has 0 saturated carbocycles. The molecule has 1 fully saturated rings. The van der Waals surface area contributed by atoms with E-state index in [0.717, 1.165) is 56.9 Å². The third kappa shape index (κ3) is 3.77. The van der Waals surface area contributed by atoms with Gasteiger partial charge in [-0.3, -0.25) is 9.69 Å². The van der Waals surface area contributed by atoms with Gasteiger partial charge in [-0.15, -0.1) is 0 Å². The molecule has 0 bridgehead atoms. The number of hydrogen-bond acceptors (Lipinski definition) is 5. The Kier molecular flexibility index (Phi) is 4.85. The molecule has 0 unspecified atom stereocenters. The SMILES string of the molecule is O=C(NCC1CCOCC1)[C@H]1CN(Cc2ccoc2)Cc2cncn21. The average molecular weight is 344 g/mol. The van der Waals surface area contributed by atoms with Crippen molar-refractivity contribution in [3.63, 3.8) is 0 Å². The van der Waals surface area contributed by atoms with Crippen LogP contribution >= 0.6 is 0 Å². The Morgan fingerprint density at radius 2 is 2.24 bits per heavy atom. The van der Waals surface area contributed by atoms with E-state index >= 15 is 0 Å². The van der Waals surface area contributed by atoms with Gasteiger partial charge in [-0.1, -0.05) is 0 Å². The predicted molar refractivity (Wildman–Crippen MR) is 90.6 cm³/mol. The van der Waals surface area contributed by atoms with Crippen molar-refractivity contribution in [1.82, 2.24) is 19.8 Å². The minimum atomic E-state index is -0.238. The lowest BCUT2D eigenvalue weighted by molar-refractivity contribution is -0.126. The highest BCUT2D eigenvalue weighted by Gasteiger charge is 2.30. The third-order valence-corrected chi connectivity index (χ3v) is 5.09. The molecule has 7 heteroatoms. The second-order valence-electron chi connectivity index (χ2n) is 6.91. The van der Waals surface area contributed by atoms with E-state index in [9.17, 15) is 4.79 Å². The van der Waals surface area contributed by atoms with Crippen LogP contribution < -0.4 is 5.32 Å². The second-order valence-corrected chi connectivity index (χ2v) is 6.91. The van der Waals surface area contributed by atoms with Crippen molar-refractivity contribution in [3.8, 4) is 0 Å². The van der Waals surface area contributed by atoms with E-state index < -0.39 is 0 Å². The lowest BCUT2D eigenvalue weighted by atomic mass is 10.0. The Labute approximate surface area is 147 Å². The number of fused-ring (bicyclic) bond motifs is 1. The summed E-state index contributed by atoms with van der Waals surface area (Å²) >= 11 is 0. The average Bonchev–Trinajstić information content (AvgIpc) is 3.31. The second kappa shape index (κ2) is 7.41. The summed E-state index contributed by atoms with van der Waals surface area (Å²) in [6, 6.07) is 1.73. The van der Waals surface area contributed by atoms with E-state index in [1.165, 1.54) is 0 Å². The van der Waals surface area contributed by atoms with Crippen LogP contribution in [0.4, 0.5) is 0 Å². The van der Waals surface area contributed by atoms with Gasteiger partial charge in [0.2, 0.25) is 5.91 Å². The Balaban J connectivity index is 1.41. The minimum absolute atomic E-state index is 0.0719. The smallest absolute Gasteiger partial charge is 0.244 e. The van der Waals surface area contributed by atoms with Crippen LogP contribution in [0.1, 0.15) is 30.1 Å². The van der Waals surface area contributed by atoms with Gasteiger partial charge < -0.3 is 19.0 Å². The number of nitrogens with one attached hydrogen (secondary N) is 1. The highest BCUT2D eigenvalue weighted by molar-refractivity contribution is 5.80. The summed E-state index contributed by atoms with van der Waals surface area (Å²) in [7, 11) is 0. The molecule has 4 rings (SSSR count). The summed E-state index contributed by atoms with van der Waals surface area (Å²) in [6.07, 6.45) is 9.10. The third-order valence-electron chi connectivity index (χ3n) is 5.09. The van der Waals surface area contributed by atoms with Crippen LogP contribution in [-0.4, -0.2) is 46.7 Å². The first-order valence-corrected chi connectivity index (χ1v) is 8.89. The van der Waals surface area contributed by atoms with Crippen LogP contribution in [0.15, 0.2) is 35.5 Å². The number of carbonyl (C=O) groups is 1. The highest BCUT2D eigenvalue weighted by Crippen LogP contribution is 2.23. The molecule has 2 aromatic heterocycles. The summed E-state index contributed by atoms with van der Waals surface area (Å²) < 4.78 is 12.5. The van der Waals surface area contributed by atoms with Gasteiger partial charge in [0.05, 0.1) is 24.5 Å². The zero-order valence-corrected chi connectivity index (χ0v) is 14.3. The molecule has 2 aliphatic rings. The van der Waals surface area contributed by atoms with Gasteiger partial charge in [-0.2, -0.15) is 0 Å². The number of hydrogen-bond donors (Lipinski definition) is 1. The summed E-state index contributed by atoms with van der Waals surface area (Å²) in [5, 5.41) is 3.14. The molecular formula is C18H24N4O3. The number of imidazole rings is 1. The van der Waals surface area contributed by atoms with Crippen LogP contribution in [0.2, 0.25) is 0 Å². The van der Waals surface area contributed by atoms with Crippen molar-refractivity contribution in [2.24, 2.45) is 5.92 Å². The number of rotatable bonds is 5. The maximum atomic E-state index is 12.8. The van der Waals surface area contributed by atoms with E-state index in [2.05, 4.69) is 15.2 Å². The lowest BCUT2D eigenvalue weighted by Gasteiger charge is -2.33. The van der Waals surface area contributed by atoms with Crippen LogP contribution in [0.3, 0.4) is 0 Å². The molecule has 7 nitrogen and oxygen atoms in total. The molecule has 25 heavy (non-hydrogen) atoms. The Bertz CT molecular complexity index is 691. The molecule has 1 amide bonds. The number of ether oxygens (including phenoxy) is 1. The monoisotopic (exact) mass is 344 g/mol. The molecule has 134 valence electrons. The number of amides is 1. The normalized spacial score (nSPS) is 21.8. The molecule has 2 aliphatic heterocycles. The van der Waals surface area contributed by atoms with E-state index in [0.29, 0.717) is 12.5 Å². The fraction of sp³-hybridized carbons (Fsp3) is 0.556. The number of aromatic nitrogens is 2. The molecule has 1 atom stereocenters. The fourth-order valence-electron chi connectivity index (χ4n) is 3.65. The van der Waals surface area contributed by atoms with Gasteiger partial charge >= 0.3 is 0 Å². The van der Waals surface area contributed by atoms with Crippen LogP contribution in [0, 0.1) is 5.92 Å². The molecular weight excluding hydrogens is 320 g/mol. The van der Waals surface area contributed by atoms with Gasteiger partial charge in [0.1, 0.15) is 6.04 Å². The summed E-state index contributed by atoms with van der Waals surface area (Å²) in [5.74, 6) is 0.591. The van der Waals surface area contributed by atoms with Crippen LogP contribution in [-0.2, 0) is 22.6 Å². The Hall–Kier alpha value is -2.12. The van der Waals surface area contributed by atoms with Gasteiger partial charge in [-0.25, -0.2) is 4.98 Å². The first-order chi connectivity index (χ1) is 12.3. The van der Waals surface area contributed by atoms with Crippen molar-refractivity contribution >= 4 is 5.91 Å². The maximum absolute atomic E-state index is 12.8. The number of nitrogens with zero attached hydrogens (tertiary/aromatic N) is 3. The molecule has 4 heterocycles. The summed E-state index contributed by atoms with van der Waals surface area (Å²) in [5.41, 5.74) is 2.19. The fourth-order valence-corrected chi connectivity index (χ4v) is 3.65. The molecule has 0 spiro atoms. The first-order valence-electron chi connectivity index (χ1n) is 8.89. The predicted octanol–water partition coefficient (Wildman–Crippen LogP) is 1.58. The Morgan fingerprint density at radius 1 is 1.36 bits per heavy atom. The molecule has 2 aromatic rings. The molecule has 0 aliphatic carbocycles. The summed E-state index contributed by atoms with van der Waals surface area (Å²) in [6.45, 7) is 4.56. The summed E-state index contributed by atoms with van der Waals surface area (Å²) in [4.78, 5) is 19.3. The van der Waals surface area contributed by atoms with E-state index in [4.69, 9.17) is 9.15 Å². The van der Waals surface area contributed by atoms with Gasteiger partial charge in [0.25, 0.3) is 0 Å². The standard InChI is InChI=1S/C18H24N4O3/c23-18(20-7-14-1-4-24-5-2-14)17-11-21(9-15-3-6-25-12-15)10-16-8-19-13-22(16)17/h3,6,8,12-14,17H,1-2,4-5,7,9-11H2,(H,20,23)/t17-/m1/s1. The van der Waals surface area contributed by atoms with Crippen molar-refractivity contribution in [2.75, 3.05) is 26.3 Å². The van der Waals surface area contributed by atoms with Crippen molar-refractivity contribution < 1.29 is 13.9 Å². The quantitative estimate of drug-likeness (QED) is 0.891. The van der Waals surface area contributed by atoms with E-state index in [1.807, 2.05) is 16.8 Å². The Morgan fingerprint density at radius 3 is 3.04 bits per heavy atom. The first kappa shape index (κ1) is 16.4. The van der Waals surface area contributed by atoms with Crippen molar-refractivity contribution in [2.45, 2.75) is 32.0 Å². The van der Waals surface area contributed by atoms with E-state index in [-0.39, 0.29) is 11.9 Å². The number of carbonyl (C=O) groups excluding carboxylic acids is 1. The van der Waals surface area contributed by atoms with Crippen LogP contribution in [0.5, 0.6) is 0 Å². The van der Waals surface area contributed by atoms with E-state index in [1.54, 1.807) is 18.9 Å². The minimum Gasteiger partial charge on any atom is -0.472 e. The largest absolute Gasteiger partial charge is 0.472 e. The van der Waals surface area contributed by atoms with Gasteiger partial charge in [0, 0.05) is 51.2 Å². The van der Waals surface area contributed by atoms with Crippen molar-refractivity contribution in [1.29, 1.82) is 0 Å². The number of furan rings is 1. The molecule has 0 radical (unpaired) electrons. The zero-order chi connectivity index (χ0) is 17.1. The maximum Gasteiger partial charge on any atom is 0.244 e.